The standard InChI is InChI=1S/C20H16BrN3O3S/c21-13-8-9-17-16(11-13)20(27,18(25)22-12-15-7-4-10-28-15)24(19(26)23-17)14-5-2-1-3-6-14/h1-11,27H,12H2,(H,22,25)(H,23,26). The number of amides is 3. The number of thiophene rings is 1. The maximum absolute atomic E-state index is 13.2. The van der Waals surface area contributed by atoms with Gasteiger partial charge in [-0.25, -0.2) is 4.79 Å². The topological polar surface area (TPSA) is 81.7 Å². The number of hydrogen-bond acceptors (Lipinski definition) is 4. The number of aliphatic hydroxyl groups is 1. The first-order chi connectivity index (χ1) is 13.5. The monoisotopic (exact) mass is 457 g/mol. The summed E-state index contributed by atoms with van der Waals surface area (Å²) in [6.07, 6.45) is 0. The Morgan fingerprint density at radius 1 is 1.18 bits per heavy atom. The highest BCUT2D eigenvalue weighted by molar-refractivity contribution is 9.10. The van der Waals surface area contributed by atoms with E-state index in [1.807, 2.05) is 17.5 Å². The number of urea groups is 1. The molecule has 1 aliphatic heterocycles. The number of para-hydroxylation sites is 1. The van der Waals surface area contributed by atoms with Gasteiger partial charge in [-0.15, -0.1) is 11.3 Å². The van der Waals surface area contributed by atoms with Gasteiger partial charge in [0.05, 0.1) is 12.2 Å². The third-order valence-corrected chi connectivity index (χ3v) is 5.83. The van der Waals surface area contributed by atoms with Crippen molar-refractivity contribution in [3.05, 3.63) is 81.0 Å². The van der Waals surface area contributed by atoms with Gasteiger partial charge in [-0.2, -0.15) is 0 Å². The third kappa shape index (κ3) is 3.19. The molecule has 0 radical (unpaired) electrons. The molecule has 0 saturated heterocycles. The molecule has 1 aromatic heterocycles. The van der Waals surface area contributed by atoms with Crippen molar-refractivity contribution in [2.24, 2.45) is 0 Å². The molecule has 0 spiro atoms. The largest absolute Gasteiger partial charge is 0.359 e. The first-order valence-electron chi connectivity index (χ1n) is 8.49. The average molecular weight is 458 g/mol. The Kier molecular flexibility index (Phi) is 4.92. The number of rotatable bonds is 4. The average Bonchev–Trinajstić information content (AvgIpc) is 3.21. The van der Waals surface area contributed by atoms with Crippen LogP contribution in [0.2, 0.25) is 0 Å². The maximum atomic E-state index is 13.2. The Morgan fingerprint density at radius 3 is 2.68 bits per heavy atom. The minimum absolute atomic E-state index is 0.256. The Hall–Kier alpha value is -2.68. The van der Waals surface area contributed by atoms with Gasteiger partial charge in [-0.3, -0.25) is 9.69 Å². The molecule has 1 atom stereocenters. The smallest absolute Gasteiger partial charge is 0.329 e. The summed E-state index contributed by atoms with van der Waals surface area (Å²) in [7, 11) is 0. The SMILES string of the molecule is O=C1Nc2ccc(Br)cc2C(O)(C(=O)NCc2cccs2)N1c1ccccc1. The van der Waals surface area contributed by atoms with Crippen LogP contribution in [-0.4, -0.2) is 17.0 Å². The van der Waals surface area contributed by atoms with Gasteiger partial charge in [0.15, 0.2) is 0 Å². The Balaban J connectivity index is 1.81. The van der Waals surface area contributed by atoms with E-state index in [0.717, 1.165) is 9.78 Å². The third-order valence-electron chi connectivity index (χ3n) is 4.46. The van der Waals surface area contributed by atoms with Crippen LogP contribution in [0.5, 0.6) is 0 Å². The van der Waals surface area contributed by atoms with Crippen molar-refractivity contribution in [3.63, 3.8) is 0 Å². The molecule has 142 valence electrons. The second-order valence-electron chi connectivity index (χ2n) is 6.23. The number of carbonyl (C=O) groups excluding carboxylic acids is 2. The van der Waals surface area contributed by atoms with Crippen LogP contribution in [0.1, 0.15) is 10.4 Å². The summed E-state index contributed by atoms with van der Waals surface area (Å²) < 4.78 is 0.680. The van der Waals surface area contributed by atoms with Gasteiger partial charge in [0.1, 0.15) is 0 Å². The molecular weight excluding hydrogens is 442 g/mol. The summed E-state index contributed by atoms with van der Waals surface area (Å²) in [5.74, 6) is -0.682. The zero-order valence-electron chi connectivity index (χ0n) is 14.6. The van der Waals surface area contributed by atoms with E-state index in [2.05, 4.69) is 26.6 Å². The van der Waals surface area contributed by atoms with Gasteiger partial charge >= 0.3 is 6.03 Å². The van der Waals surface area contributed by atoms with Crippen molar-refractivity contribution in [1.82, 2.24) is 5.32 Å². The number of halogens is 1. The lowest BCUT2D eigenvalue weighted by atomic mass is 9.95. The number of fused-ring (bicyclic) bond motifs is 1. The molecule has 0 saturated carbocycles. The van der Waals surface area contributed by atoms with Crippen LogP contribution in [0, 0.1) is 0 Å². The lowest BCUT2D eigenvalue weighted by molar-refractivity contribution is -0.140. The summed E-state index contributed by atoms with van der Waals surface area (Å²) in [5.41, 5.74) is -1.14. The van der Waals surface area contributed by atoms with Crippen LogP contribution >= 0.6 is 27.3 Å². The molecule has 0 bridgehead atoms. The van der Waals surface area contributed by atoms with E-state index in [-0.39, 0.29) is 12.1 Å². The zero-order valence-corrected chi connectivity index (χ0v) is 17.0. The quantitative estimate of drug-likeness (QED) is 0.553. The lowest BCUT2D eigenvalue weighted by Gasteiger charge is -2.42. The summed E-state index contributed by atoms with van der Waals surface area (Å²) in [6, 6.07) is 16.8. The van der Waals surface area contributed by atoms with E-state index in [4.69, 9.17) is 0 Å². The molecule has 4 rings (SSSR count). The molecule has 28 heavy (non-hydrogen) atoms. The van der Waals surface area contributed by atoms with Crippen LogP contribution in [0.15, 0.2) is 70.5 Å². The molecule has 3 N–H and O–H groups in total. The Morgan fingerprint density at radius 2 is 1.96 bits per heavy atom. The highest BCUT2D eigenvalue weighted by atomic mass is 79.9. The summed E-state index contributed by atoms with van der Waals surface area (Å²) in [5, 5.41) is 19.1. The molecule has 1 unspecified atom stereocenters. The number of nitrogens with zero attached hydrogens (tertiary/aromatic N) is 1. The molecule has 0 fully saturated rings. The fourth-order valence-electron chi connectivity index (χ4n) is 3.16. The Bertz CT molecular complexity index is 1030. The van der Waals surface area contributed by atoms with Crippen molar-refractivity contribution in [1.29, 1.82) is 0 Å². The van der Waals surface area contributed by atoms with Gasteiger partial charge in [0.2, 0.25) is 0 Å². The summed E-state index contributed by atoms with van der Waals surface area (Å²) in [4.78, 5) is 28.1. The van der Waals surface area contributed by atoms with Crippen molar-refractivity contribution in [2.45, 2.75) is 12.3 Å². The molecular formula is C20H16BrN3O3S. The van der Waals surface area contributed by atoms with Crippen LogP contribution in [0.4, 0.5) is 16.2 Å². The van der Waals surface area contributed by atoms with Crippen LogP contribution in [0.25, 0.3) is 0 Å². The minimum Gasteiger partial charge on any atom is -0.359 e. The van der Waals surface area contributed by atoms with Crippen LogP contribution < -0.4 is 15.5 Å². The molecule has 0 aliphatic carbocycles. The number of carbonyl (C=O) groups is 2. The predicted molar refractivity (Wildman–Crippen MR) is 112 cm³/mol. The second kappa shape index (κ2) is 7.38. The molecule has 3 amide bonds. The lowest BCUT2D eigenvalue weighted by Crippen LogP contribution is -2.62. The van der Waals surface area contributed by atoms with Crippen molar-refractivity contribution >= 4 is 50.6 Å². The van der Waals surface area contributed by atoms with E-state index < -0.39 is 17.7 Å². The fraction of sp³-hybridized carbons (Fsp3) is 0.100. The fourth-order valence-corrected chi connectivity index (χ4v) is 4.17. The molecule has 6 nitrogen and oxygen atoms in total. The highest BCUT2D eigenvalue weighted by Gasteiger charge is 2.52. The number of benzene rings is 2. The van der Waals surface area contributed by atoms with Crippen LogP contribution in [0.3, 0.4) is 0 Å². The van der Waals surface area contributed by atoms with E-state index in [0.29, 0.717) is 15.8 Å². The summed E-state index contributed by atoms with van der Waals surface area (Å²) >= 11 is 4.88. The number of nitrogens with one attached hydrogen (secondary N) is 2. The van der Waals surface area contributed by atoms with Gasteiger partial charge in [0.25, 0.3) is 11.6 Å². The Labute approximate surface area is 173 Å². The van der Waals surface area contributed by atoms with E-state index in [9.17, 15) is 14.7 Å². The summed E-state index contributed by atoms with van der Waals surface area (Å²) in [6.45, 7) is 0.256. The number of hydrogen-bond donors (Lipinski definition) is 3. The second-order valence-corrected chi connectivity index (χ2v) is 8.17. The molecule has 2 heterocycles. The zero-order chi connectivity index (χ0) is 19.7. The van der Waals surface area contributed by atoms with E-state index in [1.54, 1.807) is 48.5 Å². The molecule has 8 heteroatoms. The first-order valence-corrected chi connectivity index (χ1v) is 10.2. The maximum Gasteiger partial charge on any atom is 0.329 e. The van der Waals surface area contributed by atoms with Gasteiger partial charge in [0, 0.05) is 20.6 Å². The van der Waals surface area contributed by atoms with Gasteiger partial charge in [-0.1, -0.05) is 40.2 Å². The van der Waals surface area contributed by atoms with Crippen molar-refractivity contribution in [2.75, 3.05) is 10.2 Å². The molecule has 2 aromatic carbocycles. The van der Waals surface area contributed by atoms with E-state index >= 15 is 0 Å². The van der Waals surface area contributed by atoms with E-state index in [1.165, 1.54) is 11.3 Å². The molecule has 3 aromatic rings. The van der Waals surface area contributed by atoms with Crippen molar-refractivity contribution in [3.8, 4) is 0 Å². The first kappa shape index (κ1) is 18.7. The van der Waals surface area contributed by atoms with Crippen LogP contribution in [-0.2, 0) is 17.1 Å². The normalized spacial score (nSPS) is 18.4. The van der Waals surface area contributed by atoms with Gasteiger partial charge < -0.3 is 15.7 Å². The predicted octanol–water partition coefficient (Wildman–Crippen LogP) is 4.02. The number of anilines is 2. The van der Waals surface area contributed by atoms with Crippen molar-refractivity contribution < 1.29 is 14.7 Å². The highest BCUT2D eigenvalue weighted by Crippen LogP contribution is 2.40. The van der Waals surface area contributed by atoms with Gasteiger partial charge in [-0.05, 0) is 41.8 Å². The minimum atomic E-state index is -2.21. The molecule has 1 aliphatic rings.